The molecule has 1 N–H and O–H groups in total. The predicted molar refractivity (Wildman–Crippen MR) is 143 cm³/mol. The summed E-state index contributed by atoms with van der Waals surface area (Å²) in [4.78, 5) is 17.3. The quantitative estimate of drug-likeness (QED) is 0.405. The monoisotopic (exact) mass is 574 g/mol. The standard InChI is InChI=1S/C27H29N5O5S.K/c1-17(2)32-24(27(36-3)15-37-16-27)13-26(30-32)38(34,35)31-25(33)12-23-21-6-4-5-18(21)7-8-22(23)19-9-10-29-20(11-19)14-28;/h7-11,13,17H,4-6,12,15-16H2,1-3H3,(H,31,33);. The van der Waals surface area contributed by atoms with Crippen LogP contribution in [-0.2, 0) is 49.2 Å². The minimum absolute atomic E-state index is 0. The molecule has 0 spiro atoms. The number of nitrogens with zero attached hydrogens (tertiary/aromatic N) is 4. The van der Waals surface area contributed by atoms with Crippen LogP contribution >= 0.6 is 0 Å². The van der Waals surface area contributed by atoms with Gasteiger partial charge in [-0.25, -0.2) is 9.71 Å². The molecule has 2 aliphatic rings. The summed E-state index contributed by atoms with van der Waals surface area (Å²) in [5, 5.41) is 13.4. The summed E-state index contributed by atoms with van der Waals surface area (Å²) >= 11 is 0. The predicted octanol–water partition coefficient (Wildman–Crippen LogP) is 2.43. The van der Waals surface area contributed by atoms with Crippen molar-refractivity contribution in [1.29, 1.82) is 5.26 Å². The van der Waals surface area contributed by atoms with E-state index in [0.29, 0.717) is 5.69 Å². The molecule has 1 aliphatic carbocycles. The Hall–Kier alpha value is -1.95. The number of nitriles is 1. The number of pyridine rings is 1. The van der Waals surface area contributed by atoms with Crippen LogP contribution < -0.4 is 4.72 Å². The van der Waals surface area contributed by atoms with Crippen molar-refractivity contribution in [2.45, 2.75) is 56.2 Å². The summed E-state index contributed by atoms with van der Waals surface area (Å²) in [6.07, 6.45) is 4.10. The Bertz CT molecular complexity index is 1550. The van der Waals surface area contributed by atoms with E-state index in [9.17, 15) is 18.5 Å². The second-order valence-corrected chi connectivity index (χ2v) is 11.6. The molecule has 0 atom stereocenters. The van der Waals surface area contributed by atoms with Crippen molar-refractivity contribution in [1.82, 2.24) is 19.5 Å². The van der Waals surface area contributed by atoms with E-state index in [-0.39, 0.29) is 87.8 Å². The first-order valence-corrected chi connectivity index (χ1v) is 13.9. The number of carbonyl (C=O) groups is 1. The van der Waals surface area contributed by atoms with Gasteiger partial charge in [0, 0.05) is 76.8 Å². The number of sulfonamides is 1. The number of carbonyl (C=O) groups excluding carboxylic acids is 1. The molecule has 0 unspecified atom stereocenters. The van der Waals surface area contributed by atoms with Crippen LogP contribution in [0.1, 0.15) is 54.4 Å². The van der Waals surface area contributed by atoms with Gasteiger partial charge < -0.3 is 9.47 Å². The van der Waals surface area contributed by atoms with Crippen molar-refractivity contribution in [3.05, 3.63) is 64.6 Å². The van der Waals surface area contributed by atoms with Crippen molar-refractivity contribution in [2.75, 3.05) is 20.3 Å². The van der Waals surface area contributed by atoms with Gasteiger partial charge >= 0.3 is 0 Å². The molecule has 3 heterocycles. The van der Waals surface area contributed by atoms with Crippen LogP contribution in [0.25, 0.3) is 11.1 Å². The molecule has 1 amide bonds. The zero-order valence-corrected chi connectivity index (χ0v) is 26.5. The van der Waals surface area contributed by atoms with E-state index in [1.165, 1.54) is 6.07 Å². The van der Waals surface area contributed by atoms with E-state index in [1.54, 1.807) is 30.1 Å². The van der Waals surface area contributed by atoms with E-state index >= 15 is 0 Å². The number of hydrogen-bond acceptors (Lipinski definition) is 8. The van der Waals surface area contributed by atoms with Crippen LogP contribution in [0.5, 0.6) is 0 Å². The van der Waals surface area contributed by atoms with Crippen molar-refractivity contribution in [2.24, 2.45) is 0 Å². The first-order chi connectivity index (χ1) is 18.2. The number of nitrogens with one attached hydrogen (secondary N) is 1. The van der Waals surface area contributed by atoms with Crippen molar-refractivity contribution in [3.8, 4) is 17.2 Å². The fourth-order valence-corrected chi connectivity index (χ4v) is 6.11. The molecule has 2 aromatic heterocycles. The van der Waals surface area contributed by atoms with Crippen LogP contribution in [0.15, 0.2) is 41.6 Å². The van der Waals surface area contributed by atoms with Crippen LogP contribution in [0.3, 0.4) is 0 Å². The molecule has 12 heteroatoms. The summed E-state index contributed by atoms with van der Waals surface area (Å²) in [7, 11) is -2.70. The van der Waals surface area contributed by atoms with Crippen LogP contribution in [-0.4, -0.2) is 101 Å². The van der Waals surface area contributed by atoms with E-state index in [2.05, 4.69) is 14.8 Å². The molecular formula is C27H29KN5O5S. The van der Waals surface area contributed by atoms with E-state index < -0.39 is 21.5 Å². The number of aryl methyl sites for hydroxylation is 1. The van der Waals surface area contributed by atoms with Gasteiger partial charge in [-0.3, -0.25) is 9.48 Å². The number of amides is 1. The molecule has 1 aliphatic heterocycles. The summed E-state index contributed by atoms with van der Waals surface area (Å²) in [5.74, 6) is -0.657. The van der Waals surface area contributed by atoms with Crippen LogP contribution in [0, 0.1) is 11.3 Å². The smallest absolute Gasteiger partial charge is 0.283 e. The fourth-order valence-electron chi connectivity index (χ4n) is 5.17. The Balaban J connectivity index is 0.00000353. The molecular weight excluding hydrogens is 545 g/mol. The van der Waals surface area contributed by atoms with Crippen LogP contribution in [0.2, 0.25) is 0 Å². The zero-order valence-electron chi connectivity index (χ0n) is 22.5. The second kappa shape index (κ2) is 11.9. The van der Waals surface area contributed by atoms with Gasteiger partial charge in [0.15, 0.2) is 10.6 Å². The molecule has 1 radical (unpaired) electrons. The second-order valence-electron chi connectivity index (χ2n) is 9.93. The minimum atomic E-state index is -4.25. The van der Waals surface area contributed by atoms with Crippen molar-refractivity contribution < 1.29 is 22.7 Å². The third kappa shape index (κ3) is 5.78. The van der Waals surface area contributed by atoms with Gasteiger partial charge in [-0.1, -0.05) is 12.1 Å². The summed E-state index contributed by atoms with van der Waals surface area (Å²) < 4.78 is 41.4. The molecule has 5 rings (SSSR count). The third-order valence-corrected chi connectivity index (χ3v) is 8.42. The van der Waals surface area contributed by atoms with Crippen LogP contribution in [0.4, 0.5) is 0 Å². The Morgan fingerprint density at radius 1 is 1.26 bits per heavy atom. The SMILES string of the molecule is COC1(c2cc(S(=O)(=O)NC(=O)Cc3c(-c4ccnc(C#N)c4)ccc4c3CCC4)nn2C(C)C)COC1.[K]. The maximum Gasteiger partial charge on any atom is 0.283 e. The summed E-state index contributed by atoms with van der Waals surface area (Å²) in [6, 6.07) is 10.8. The minimum Gasteiger partial charge on any atom is -0.374 e. The number of rotatable bonds is 8. The molecule has 10 nitrogen and oxygen atoms in total. The van der Waals surface area contributed by atoms with Gasteiger partial charge in [0.25, 0.3) is 10.0 Å². The first-order valence-electron chi connectivity index (χ1n) is 12.5. The largest absolute Gasteiger partial charge is 0.374 e. The molecule has 1 fully saturated rings. The summed E-state index contributed by atoms with van der Waals surface area (Å²) in [6.45, 7) is 4.36. The number of benzene rings is 1. The van der Waals surface area contributed by atoms with Crippen molar-refractivity contribution >= 4 is 67.3 Å². The van der Waals surface area contributed by atoms with Gasteiger partial charge in [-0.05, 0) is 73.1 Å². The Morgan fingerprint density at radius 2 is 2.03 bits per heavy atom. The number of fused-ring (bicyclic) bond motifs is 1. The molecule has 0 saturated carbocycles. The maximum absolute atomic E-state index is 13.3. The molecule has 1 aromatic carbocycles. The average Bonchev–Trinajstić information content (AvgIpc) is 3.52. The number of ether oxygens (including phenoxy) is 2. The number of aromatic nitrogens is 3. The summed E-state index contributed by atoms with van der Waals surface area (Å²) in [5.41, 5.74) is 4.60. The Labute approximate surface area is 270 Å². The van der Waals surface area contributed by atoms with E-state index in [0.717, 1.165) is 47.1 Å². The molecule has 39 heavy (non-hydrogen) atoms. The van der Waals surface area contributed by atoms with Gasteiger partial charge in [0.1, 0.15) is 11.8 Å². The molecule has 199 valence electrons. The number of methoxy groups -OCH3 is 1. The fraction of sp³-hybridized carbons (Fsp3) is 0.407. The molecule has 1 saturated heterocycles. The Morgan fingerprint density at radius 3 is 2.67 bits per heavy atom. The van der Waals surface area contributed by atoms with Gasteiger partial charge in [-0.2, -0.15) is 18.8 Å². The van der Waals surface area contributed by atoms with Gasteiger partial charge in [0.2, 0.25) is 5.91 Å². The Kier molecular flexibility index (Phi) is 9.14. The van der Waals surface area contributed by atoms with Crippen molar-refractivity contribution in [3.63, 3.8) is 0 Å². The molecule has 3 aromatic rings. The van der Waals surface area contributed by atoms with Gasteiger partial charge in [-0.15, -0.1) is 0 Å². The maximum atomic E-state index is 13.3. The van der Waals surface area contributed by atoms with E-state index in [1.807, 2.05) is 32.0 Å². The third-order valence-electron chi connectivity index (χ3n) is 7.18. The molecule has 0 bridgehead atoms. The normalized spacial score (nSPS) is 15.7. The topological polar surface area (TPSA) is 136 Å². The zero-order chi connectivity index (χ0) is 27.1. The number of hydrogen-bond donors (Lipinski definition) is 1. The average molecular weight is 575 g/mol. The first kappa shape index (κ1) is 30.0. The van der Waals surface area contributed by atoms with E-state index in [4.69, 9.17) is 9.47 Å². The van der Waals surface area contributed by atoms with Gasteiger partial charge in [0.05, 0.1) is 25.3 Å².